The number of rotatable bonds is 5. The summed E-state index contributed by atoms with van der Waals surface area (Å²) >= 11 is 5.49. The number of nitriles is 1. The Hall–Kier alpha value is -1.57. The normalized spacial score (nSPS) is 13.1. The van der Waals surface area contributed by atoms with Gasteiger partial charge >= 0.3 is 6.09 Å². The molecule has 0 heterocycles. The Bertz CT molecular complexity index is 581. The molecule has 1 unspecified atom stereocenters. The van der Waals surface area contributed by atoms with Crippen molar-refractivity contribution in [3.8, 4) is 11.8 Å². The molecule has 1 aromatic rings. The summed E-state index contributed by atoms with van der Waals surface area (Å²) in [5, 5.41) is 8.77. The second kappa shape index (κ2) is 7.44. The van der Waals surface area contributed by atoms with Crippen LogP contribution < -0.4 is 4.52 Å². The smallest absolute Gasteiger partial charge is 0.416 e. The number of carbonyl (C=O) groups excluding carboxylic acids is 1. The lowest BCUT2D eigenvalue weighted by Crippen LogP contribution is -2.31. The molecular weight excluding hydrogens is 307 g/mol. The molecule has 0 N–H and O–H groups in total. The van der Waals surface area contributed by atoms with Crippen LogP contribution >= 0.6 is 6.42 Å². The first-order valence-corrected chi connectivity index (χ1v) is 9.68. The lowest BCUT2D eigenvalue weighted by molar-refractivity contribution is 0.0973. The van der Waals surface area contributed by atoms with Crippen molar-refractivity contribution >= 4 is 24.3 Å². The minimum Gasteiger partial charge on any atom is -0.449 e. The van der Waals surface area contributed by atoms with Crippen molar-refractivity contribution in [2.45, 2.75) is 26.9 Å². The maximum Gasteiger partial charge on any atom is 0.416 e. The lowest BCUT2D eigenvalue weighted by Gasteiger charge is -2.31. The molecule has 0 fully saturated rings. The number of hydrogen-bond donors (Lipinski definition) is 0. The predicted octanol–water partition coefficient (Wildman–Crippen LogP) is 3.74. The summed E-state index contributed by atoms with van der Waals surface area (Å²) in [5.74, 6) is 0.538. The molecule has 114 valence electrons. The zero-order valence-corrected chi connectivity index (χ0v) is 14.3. The number of amides is 1. The fourth-order valence-electron chi connectivity index (χ4n) is 1.63. The van der Waals surface area contributed by atoms with Crippen molar-refractivity contribution in [3.05, 3.63) is 29.8 Å². The van der Waals surface area contributed by atoms with Crippen LogP contribution in [0.15, 0.2) is 24.3 Å². The van der Waals surface area contributed by atoms with Crippen molar-refractivity contribution in [2.75, 3.05) is 13.2 Å². The molecule has 1 atom stereocenters. The second-order valence-corrected chi connectivity index (χ2v) is 8.98. The summed E-state index contributed by atoms with van der Waals surface area (Å²) in [6.07, 6.45) is -3.23. The monoisotopic (exact) mass is 326 g/mol. The van der Waals surface area contributed by atoms with E-state index >= 15 is 0 Å². The molecule has 21 heavy (non-hydrogen) atoms. The maximum atomic E-state index is 12.1. The van der Waals surface area contributed by atoms with Crippen LogP contribution in [0, 0.1) is 11.3 Å². The van der Waals surface area contributed by atoms with Gasteiger partial charge in [-0.25, -0.2) is 4.79 Å². The molecule has 0 radical (unpaired) electrons. The molecular formula is C14H19N2O3PS. The largest absolute Gasteiger partial charge is 0.449 e. The molecule has 7 heteroatoms. The van der Waals surface area contributed by atoms with Crippen LogP contribution in [0.5, 0.6) is 5.75 Å². The highest BCUT2D eigenvalue weighted by molar-refractivity contribution is 8.11. The van der Waals surface area contributed by atoms with Gasteiger partial charge in [0.1, 0.15) is 5.75 Å². The van der Waals surface area contributed by atoms with Crippen molar-refractivity contribution in [2.24, 2.45) is 0 Å². The van der Waals surface area contributed by atoms with E-state index < -0.39 is 12.5 Å². The molecule has 0 aromatic heterocycles. The Kier molecular flexibility index (Phi) is 6.19. The number of benzene rings is 1. The van der Waals surface area contributed by atoms with E-state index in [9.17, 15) is 4.79 Å². The lowest BCUT2D eigenvalue weighted by atomic mass is 10.2. The molecule has 5 nitrogen and oxygen atoms in total. The van der Waals surface area contributed by atoms with Gasteiger partial charge in [-0.3, -0.25) is 4.67 Å². The Morgan fingerprint density at radius 2 is 2.00 bits per heavy atom. The van der Waals surface area contributed by atoms with Crippen molar-refractivity contribution in [1.29, 1.82) is 5.26 Å². The zero-order valence-electron chi connectivity index (χ0n) is 12.6. The molecule has 0 saturated heterocycles. The van der Waals surface area contributed by atoms with Crippen LogP contribution in [-0.4, -0.2) is 30.1 Å². The summed E-state index contributed by atoms with van der Waals surface area (Å²) in [4.78, 5) is 12.1. The molecule has 0 aliphatic carbocycles. The molecule has 1 aromatic carbocycles. The molecule has 0 aliphatic rings. The third-order valence-electron chi connectivity index (χ3n) is 2.54. The highest BCUT2D eigenvalue weighted by Crippen LogP contribution is 2.47. The van der Waals surface area contributed by atoms with Crippen molar-refractivity contribution in [1.82, 2.24) is 4.67 Å². The predicted molar refractivity (Wildman–Crippen MR) is 86.0 cm³/mol. The second-order valence-electron chi connectivity index (χ2n) is 4.68. The fraction of sp³-hybridized carbons (Fsp3) is 0.429. The summed E-state index contributed by atoms with van der Waals surface area (Å²) in [6, 6.07) is 8.67. The first kappa shape index (κ1) is 17.5. The Morgan fingerprint density at radius 1 is 1.43 bits per heavy atom. The van der Waals surface area contributed by atoms with Gasteiger partial charge in [0, 0.05) is 13.2 Å². The number of carbonyl (C=O) groups is 1. The summed E-state index contributed by atoms with van der Waals surface area (Å²) in [6.45, 7) is 7.54. The Labute approximate surface area is 130 Å². The minimum atomic E-state index is -2.55. The Morgan fingerprint density at radius 3 is 2.43 bits per heavy atom. The van der Waals surface area contributed by atoms with Gasteiger partial charge in [-0.1, -0.05) is 0 Å². The zero-order chi connectivity index (χ0) is 16.0. The standard InChI is InChI=1S/C14H19N2O3PS/c1-5-16(14(17)18-11(2)3)20(4,21)19-13-8-6-12(10-15)7-9-13/h6-9,11H,5H2,1-4H3. The quantitative estimate of drug-likeness (QED) is 0.771. The molecule has 0 bridgehead atoms. The maximum absolute atomic E-state index is 12.1. The Balaban J connectivity index is 2.89. The van der Waals surface area contributed by atoms with Gasteiger partial charge in [0.25, 0.3) is 0 Å². The number of ether oxygens (including phenoxy) is 1. The van der Waals surface area contributed by atoms with Crippen LogP contribution in [0.4, 0.5) is 4.79 Å². The number of nitrogens with zero attached hydrogens (tertiary/aromatic N) is 2. The summed E-state index contributed by atoms with van der Waals surface area (Å²) in [7, 11) is 0. The van der Waals surface area contributed by atoms with Crippen LogP contribution in [0.25, 0.3) is 0 Å². The highest BCUT2D eigenvalue weighted by Gasteiger charge is 2.28. The molecule has 1 amide bonds. The average Bonchev–Trinajstić information content (AvgIpc) is 2.38. The van der Waals surface area contributed by atoms with Gasteiger partial charge < -0.3 is 9.26 Å². The van der Waals surface area contributed by atoms with E-state index in [1.807, 2.05) is 13.0 Å². The molecule has 0 aliphatic heterocycles. The van der Waals surface area contributed by atoms with Gasteiger partial charge in [-0.2, -0.15) is 5.26 Å². The first-order valence-electron chi connectivity index (χ1n) is 6.56. The van der Waals surface area contributed by atoms with Crippen molar-refractivity contribution in [3.63, 3.8) is 0 Å². The summed E-state index contributed by atoms with van der Waals surface area (Å²) < 4.78 is 12.4. The first-order chi connectivity index (χ1) is 9.80. The van der Waals surface area contributed by atoms with E-state index in [0.717, 1.165) is 0 Å². The summed E-state index contributed by atoms with van der Waals surface area (Å²) in [5.41, 5.74) is 0.540. The van der Waals surface area contributed by atoms with Gasteiger partial charge in [-0.15, -0.1) is 0 Å². The van der Waals surface area contributed by atoms with E-state index in [4.69, 9.17) is 26.3 Å². The van der Waals surface area contributed by atoms with Crippen LogP contribution in [-0.2, 0) is 16.5 Å². The van der Waals surface area contributed by atoms with Gasteiger partial charge in [-0.05, 0) is 56.8 Å². The number of hydrogen-bond acceptors (Lipinski definition) is 5. The van der Waals surface area contributed by atoms with Crippen LogP contribution in [0.2, 0.25) is 0 Å². The molecule has 0 spiro atoms. The van der Waals surface area contributed by atoms with Crippen LogP contribution in [0.3, 0.4) is 0 Å². The van der Waals surface area contributed by atoms with E-state index in [-0.39, 0.29) is 6.10 Å². The van der Waals surface area contributed by atoms with E-state index in [0.29, 0.717) is 17.9 Å². The van der Waals surface area contributed by atoms with Gasteiger partial charge in [0.2, 0.25) is 6.42 Å². The highest BCUT2D eigenvalue weighted by atomic mass is 32.4. The average molecular weight is 326 g/mol. The third-order valence-corrected chi connectivity index (χ3v) is 5.23. The van der Waals surface area contributed by atoms with E-state index in [2.05, 4.69) is 0 Å². The van der Waals surface area contributed by atoms with Crippen molar-refractivity contribution < 1.29 is 14.1 Å². The SMILES string of the molecule is CCN(C(=O)OC(C)C)P(C)(=S)Oc1ccc(C#N)cc1. The molecule has 1 rings (SSSR count). The van der Waals surface area contributed by atoms with Gasteiger partial charge in [0.05, 0.1) is 17.7 Å². The van der Waals surface area contributed by atoms with E-state index in [1.165, 1.54) is 4.67 Å². The van der Waals surface area contributed by atoms with Gasteiger partial charge in [0.15, 0.2) is 0 Å². The van der Waals surface area contributed by atoms with Crippen LogP contribution in [0.1, 0.15) is 26.3 Å². The van der Waals surface area contributed by atoms with E-state index in [1.54, 1.807) is 44.8 Å². The fourth-order valence-corrected chi connectivity index (χ4v) is 3.91. The topological polar surface area (TPSA) is 62.6 Å². The third kappa shape index (κ3) is 5.04. The minimum absolute atomic E-state index is 0.212. The molecule has 0 saturated carbocycles.